The lowest BCUT2D eigenvalue weighted by Gasteiger charge is -2.00. The van der Waals surface area contributed by atoms with Gasteiger partial charge in [0, 0.05) is 37.8 Å². The van der Waals surface area contributed by atoms with Gasteiger partial charge in [0.25, 0.3) is 5.91 Å². The number of carbonyl (C=O) groups is 1. The van der Waals surface area contributed by atoms with E-state index in [0.717, 1.165) is 11.4 Å². The summed E-state index contributed by atoms with van der Waals surface area (Å²) >= 11 is 1.60. The minimum atomic E-state index is -0.0929. The van der Waals surface area contributed by atoms with Gasteiger partial charge >= 0.3 is 0 Å². The minimum Gasteiger partial charge on any atom is -0.352 e. The summed E-state index contributed by atoms with van der Waals surface area (Å²) in [6, 6.07) is 0. The highest BCUT2D eigenvalue weighted by Gasteiger charge is 2.06. The largest absolute Gasteiger partial charge is 0.352 e. The zero-order chi connectivity index (χ0) is 11.4. The second-order valence-electron chi connectivity index (χ2n) is 3.33. The molecule has 16 heavy (non-hydrogen) atoms. The van der Waals surface area contributed by atoms with Gasteiger partial charge in [0.2, 0.25) is 0 Å². The van der Waals surface area contributed by atoms with Crippen LogP contribution < -0.4 is 5.32 Å². The Morgan fingerprint density at radius 2 is 2.50 bits per heavy atom. The van der Waals surface area contributed by atoms with Gasteiger partial charge in [-0.2, -0.15) is 5.10 Å². The number of rotatable bonds is 4. The predicted molar refractivity (Wildman–Crippen MR) is 61.4 cm³/mol. The van der Waals surface area contributed by atoms with Crippen molar-refractivity contribution in [2.75, 3.05) is 6.54 Å². The van der Waals surface area contributed by atoms with E-state index in [-0.39, 0.29) is 5.91 Å². The van der Waals surface area contributed by atoms with Crippen LogP contribution in [0.4, 0.5) is 0 Å². The van der Waals surface area contributed by atoms with Gasteiger partial charge in [-0.05, 0) is 0 Å². The molecule has 6 heteroatoms. The molecular weight excluding hydrogens is 224 g/mol. The van der Waals surface area contributed by atoms with Gasteiger partial charge in [0.1, 0.15) is 0 Å². The molecule has 1 N–H and O–H groups in total. The Hall–Kier alpha value is -1.69. The molecule has 0 fully saturated rings. The quantitative estimate of drug-likeness (QED) is 0.856. The average molecular weight is 236 g/mol. The molecule has 0 atom stereocenters. The van der Waals surface area contributed by atoms with Crippen molar-refractivity contribution in [3.63, 3.8) is 0 Å². The molecule has 0 aliphatic heterocycles. The third-order valence-electron chi connectivity index (χ3n) is 2.07. The van der Waals surface area contributed by atoms with Gasteiger partial charge in [-0.1, -0.05) is 0 Å². The number of aromatic nitrogens is 3. The molecule has 0 unspecified atom stereocenters. The van der Waals surface area contributed by atoms with Crippen LogP contribution in [-0.4, -0.2) is 27.2 Å². The van der Waals surface area contributed by atoms with Crippen LogP contribution in [0.15, 0.2) is 24.0 Å². The summed E-state index contributed by atoms with van der Waals surface area (Å²) in [5.41, 5.74) is 0.585. The lowest BCUT2D eigenvalue weighted by Crippen LogP contribution is -2.25. The zero-order valence-electron chi connectivity index (χ0n) is 8.88. The number of nitrogens with zero attached hydrogens (tertiary/aromatic N) is 3. The number of aryl methyl sites for hydroxylation is 1. The fourth-order valence-electron chi connectivity index (χ4n) is 1.30. The van der Waals surface area contributed by atoms with Crippen molar-refractivity contribution >= 4 is 17.2 Å². The van der Waals surface area contributed by atoms with Gasteiger partial charge in [0.15, 0.2) is 0 Å². The fourth-order valence-corrected chi connectivity index (χ4v) is 1.92. The Morgan fingerprint density at radius 1 is 1.62 bits per heavy atom. The number of thiazole rings is 1. The molecule has 0 aliphatic carbocycles. The van der Waals surface area contributed by atoms with Crippen molar-refractivity contribution in [2.24, 2.45) is 7.05 Å². The highest BCUT2D eigenvalue weighted by Crippen LogP contribution is 2.03. The number of hydrogen-bond donors (Lipinski definition) is 1. The number of carbonyl (C=O) groups excluding carboxylic acids is 1. The van der Waals surface area contributed by atoms with Crippen molar-refractivity contribution in [3.05, 3.63) is 34.5 Å². The van der Waals surface area contributed by atoms with Crippen LogP contribution in [0, 0.1) is 0 Å². The zero-order valence-corrected chi connectivity index (χ0v) is 9.70. The molecule has 2 aromatic rings. The Kier molecular flexibility index (Phi) is 3.31. The second-order valence-corrected chi connectivity index (χ2v) is 4.31. The normalized spacial score (nSPS) is 10.3. The van der Waals surface area contributed by atoms with Crippen molar-refractivity contribution in [1.29, 1.82) is 0 Å². The summed E-state index contributed by atoms with van der Waals surface area (Å²) in [5.74, 6) is -0.0929. The van der Waals surface area contributed by atoms with E-state index in [4.69, 9.17) is 0 Å². The topological polar surface area (TPSA) is 59.8 Å². The highest BCUT2D eigenvalue weighted by atomic mass is 32.1. The first kappa shape index (κ1) is 10.8. The van der Waals surface area contributed by atoms with Crippen LogP contribution in [0.1, 0.15) is 15.4 Å². The molecule has 1 amide bonds. The van der Waals surface area contributed by atoms with E-state index in [0.29, 0.717) is 12.1 Å². The van der Waals surface area contributed by atoms with E-state index < -0.39 is 0 Å². The second kappa shape index (κ2) is 4.89. The van der Waals surface area contributed by atoms with Crippen molar-refractivity contribution in [3.8, 4) is 0 Å². The molecule has 0 saturated heterocycles. The molecule has 5 nitrogen and oxygen atoms in total. The van der Waals surface area contributed by atoms with Crippen LogP contribution in [0.2, 0.25) is 0 Å². The molecule has 0 bridgehead atoms. The van der Waals surface area contributed by atoms with Crippen molar-refractivity contribution in [2.45, 2.75) is 6.42 Å². The Morgan fingerprint density at radius 3 is 3.12 bits per heavy atom. The van der Waals surface area contributed by atoms with Gasteiger partial charge < -0.3 is 5.32 Å². The van der Waals surface area contributed by atoms with Crippen LogP contribution in [0.5, 0.6) is 0 Å². The van der Waals surface area contributed by atoms with Crippen LogP contribution in [-0.2, 0) is 13.5 Å². The monoisotopic (exact) mass is 236 g/mol. The lowest BCUT2D eigenvalue weighted by molar-refractivity contribution is 0.0954. The molecule has 0 saturated carbocycles. The first-order valence-electron chi connectivity index (χ1n) is 4.91. The molecule has 2 aromatic heterocycles. The van der Waals surface area contributed by atoms with E-state index in [9.17, 15) is 4.79 Å². The molecule has 0 spiro atoms. The molecule has 0 aliphatic rings. The minimum absolute atomic E-state index is 0.0929. The van der Waals surface area contributed by atoms with E-state index in [2.05, 4.69) is 15.4 Å². The molecule has 84 valence electrons. The SMILES string of the molecule is Cn1cc(C(=O)NCCc2nccs2)cn1. The number of nitrogens with one attached hydrogen (secondary N) is 1. The maximum atomic E-state index is 11.6. The summed E-state index contributed by atoms with van der Waals surface area (Å²) in [6.45, 7) is 0.598. The van der Waals surface area contributed by atoms with Gasteiger partial charge in [-0.3, -0.25) is 9.48 Å². The number of amides is 1. The summed E-state index contributed by atoms with van der Waals surface area (Å²) in [5, 5.41) is 9.73. The number of hydrogen-bond acceptors (Lipinski definition) is 4. The van der Waals surface area contributed by atoms with Gasteiger partial charge in [-0.25, -0.2) is 4.98 Å². The Bertz CT molecular complexity index is 463. The van der Waals surface area contributed by atoms with Crippen LogP contribution in [0.25, 0.3) is 0 Å². The smallest absolute Gasteiger partial charge is 0.254 e. The first-order chi connectivity index (χ1) is 7.75. The summed E-state index contributed by atoms with van der Waals surface area (Å²) in [6.07, 6.45) is 5.78. The first-order valence-corrected chi connectivity index (χ1v) is 5.79. The maximum absolute atomic E-state index is 11.6. The van der Waals surface area contributed by atoms with Crippen LogP contribution >= 0.6 is 11.3 Å². The third kappa shape index (κ3) is 2.66. The fraction of sp³-hybridized carbons (Fsp3) is 0.300. The summed E-state index contributed by atoms with van der Waals surface area (Å²) in [7, 11) is 1.78. The molecule has 0 radical (unpaired) electrons. The summed E-state index contributed by atoms with van der Waals surface area (Å²) < 4.78 is 1.61. The average Bonchev–Trinajstić information content (AvgIpc) is 2.89. The molecule has 2 heterocycles. The van der Waals surface area contributed by atoms with E-state index in [1.54, 1.807) is 41.7 Å². The van der Waals surface area contributed by atoms with E-state index in [1.165, 1.54) is 0 Å². The van der Waals surface area contributed by atoms with Gasteiger partial charge in [-0.15, -0.1) is 11.3 Å². The van der Waals surface area contributed by atoms with E-state index >= 15 is 0 Å². The molecule has 2 rings (SSSR count). The van der Waals surface area contributed by atoms with E-state index in [1.807, 2.05) is 5.38 Å². The maximum Gasteiger partial charge on any atom is 0.254 e. The van der Waals surface area contributed by atoms with Gasteiger partial charge in [0.05, 0.1) is 16.8 Å². The molecular formula is C10H12N4OS. The van der Waals surface area contributed by atoms with Crippen molar-refractivity contribution in [1.82, 2.24) is 20.1 Å². The highest BCUT2D eigenvalue weighted by molar-refractivity contribution is 7.09. The lowest BCUT2D eigenvalue weighted by atomic mass is 10.3. The molecule has 0 aromatic carbocycles. The van der Waals surface area contributed by atoms with Crippen molar-refractivity contribution < 1.29 is 4.79 Å². The standard InChI is InChI=1S/C10H12N4OS/c1-14-7-8(6-13-14)10(15)12-3-2-9-11-4-5-16-9/h4-7H,2-3H2,1H3,(H,12,15). The van der Waals surface area contributed by atoms with Crippen LogP contribution in [0.3, 0.4) is 0 Å². The third-order valence-corrected chi connectivity index (χ3v) is 2.91. The predicted octanol–water partition coefficient (Wildman–Crippen LogP) is 0.849. The summed E-state index contributed by atoms with van der Waals surface area (Å²) in [4.78, 5) is 15.7. The Balaban J connectivity index is 1.80. The Labute approximate surface area is 97.1 Å².